The largest absolute Gasteiger partial charge is 0.481 e. The second kappa shape index (κ2) is 7.18. The minimum Gasteiger partial charge on any atom is -0.481 e. The molecule has 0 aliphatic heterocycles. The van der Waals surface area contributed by atoms with Crippen LogP contribution < -0.4 is 0 Å². The quantitative estimate of drug-likeness (QED) is 0.876. The van der Waals surface area contributed by atoms with E-state index in [-0.39, 0.29) is 6.42 Å². The maximum absolute atomic E-state index is 10.7. The van der Waals surface area contributed by atoms with Crippen molar-refractivity contribution in [3.63, 3.8) is 0 Å². The number of carbonyl (C=O) groups is 1. The molecule has 0 bridgehead atoms. The number of nitrogens with zero attached hydrogens (tertiary/aromatic N) is 2. The van der Waals surface area contributed by atoms with Crippen molar-refractivity contribution in [1.29, 1.82) is 0 Å². The summed E-state index contributed by atoms with van der Waals surface area (Å²) in [7, 11) is 2.21. The number of rotatable bonds is 6. The van der Waals surface area contributed by atoms with Crippen molar-refractivity contribution in [2.24, 2.45) is 0 Å². The smallest absolute Gasteiger partial charge is 0.309 e. The van der Waals surface area contributed by atoms with Crippen LogP contribution in [-0.4, -0.2) is 40.6 Å². The number of aliphatic carboxylic acids is 1. The average Bonchev–Trinajstić information content (AvgIpc) is 2.87. The average molecular weight is 296 g/mol. The Kier molecular flexibility index (Phi) is 5.54. The van der Waals surface area contributed by atoms with Crippen LogP contribution in [0.25, 0.3) is 0 Å². The molecule has 5 heteroatoms. The summed E-state index contributed by atoms with van der Waals surface area (Å²) in [5.41, 5.74) is 0.685. The van der Waals surface area contributed by atoms with Crippen LogP contribution >= 0.6 is 11.3 Å². The van der Waals surface area contributed by atoms with Gasteiger partial charge in [-0.1, -0.05) is 26.2 Å². The predicted molar refractivity (Wildman–Crippen MR) is 81.4 cm³/mol. The highest BCUT2D eigenvalue weighted by atomic mass is 32.1. The van der Waals surface area contributed by atoms with E-state index >= 15 is 0 Å². The van der Waals surface area contributed by atoms with Crippen molar-refractivity contribution in [1.82, 2.24) is 9.88 Å². The van der Waals surface area contributed by atoms with Gasteiger partial charge in [-0.15, -0.1) is 11.3 Å². The summed E-state index contributed by atoms with van der Waals surface area (Å²) in [4.78, 5) is 17.6. The van der Waals surface area contributed by atoms with E-state index in [1.54, 1.807) is 11.3 Å². The van der Waals surface area contributed by atoms with Crippen LogP contribution in [0.1, 0.15) is 55.6 Å². The number of likely N-dealkylation sites (N-methyl/N-ethyl adjacent to an activating group) is 1. The summed E-state index contributed by atoms with van der Waals surface area (Å²) >= 11 is 1.59. The van der Waals surface area contributed by atoms with Gasteiger partial charge in [0, 0.05) is 23.9 Å². The third kappa shape index (κ3) is 4.28. The lowest BCUT2D eigenvalue weighted by atomic mass is 9.94. The zero-order valence-corrected chi connectivity index (χ0v) is 13.2. The SMILES string of the molecule is CC(CN(C)C1CCCCC1)c1nc(CC(=O)O)cs1. The van der Waals surface area contributed by atoms with Gasteiger partial charge in [0.1, 0.15) is 0 Å². The highest BCUT2D eigenvalue weighted by Crippen LogP contribution is 2.26. The minimum atomic E-state index is -0.811. The zero-order chi connectivity index (χ0) is 14.5. The van der Waals surface area contributed by atoms with Crippen molar-refractivity contribution in [3.05, 3.63) is 16.1 Å². The first-order valence-electron chi connectivity index (χ1n) is 7.42. The molecule has 2 rings (SSSR count). The number of hydrogen-bond donors (Lipinski definition) is 1. The number of aromatic nitrogens is 1. The molecule has 0 spiro atoms. The standard InChI is InChI=1S/C15H24N2O2S/c1-11(9-17(2)13-6-4-3-5-7-13)15-16-12(10-20-15)8-14(18)19/h10-11,13H,3-9H2,1-2H3,(H,18,19). The lowest BCUT2D eigenvalue weighted by Crippen LogP contribution is -2.35. The molecule has 1 unspecified atom stereocenters. The van der Waals surface area contributed by atoms with Gasteiger partial charge in [-0.2, -0.15) is 0 Å². The first-order chi connectivity index (χ1) is 9.56. The van der Waals surface area contributed by atoms with Gasteiger partial charge in [0.05, 0.1) is 17.1 Å². The molecule has 1 aromatic heterocycles. The summed E-state index contributed by atoms with van der Waals surface area (Å²) in [6.07, 6.45) is 6.73. The zero-order valence-electron chi connectivity index (χ0n) is 12.3. The van der Waals surface area contributed by atoms with Crippen LogP contribution in [0.3, 0.4) is 0 Å². The number of carboxylic acid groups (broad SMARTS) is 1. The summed E-state index contributed by atoms with van der Waals surface area (Å²) in [5.74, 6) is -0.441. The normalized spacial score (nSPS) is 18.4. The molecule has 0 amide bonds. The molecule has 1 aromatic rings. The van der Waals surface area contributed by atoms with E-state index in [0.29, 0.717) is 17.7 Å². The predicted octanol–water partition coefficient (Wildman–Crippen LogP) is 3.14. The Morgan fingerprint density at radius 1 is 1.50 bits per heavy atom. The van der Waals surface area contributed by atoms with Crippen molar-refractivity contribution in [3.8, 4) is 0 Å². The van der Waals surface area contributed by atoms with Crippen molar-refractivity contribution in [2.45, 2.75) is 57.4 Å². The van der Waals surface area contributed by atoms with Crippen LogP contribution in [0.5, 0.6) is 0 Å². The third-order valence-electron chi connectivity index (χ3n) is 4.08. The summed E-state index contributed by atoms with van der Waals surface area (Å²) < 4.78 is 0. The van der Waals surface area contributed by atoms with Gasteiger partial charge in [0.25, 0.3) is 0 Å². The molecule has 112 valence electrons. The Hall–Kier alpha value is -0.940. The van der Waals surface area contributed by atoms with E-state index < -0.39 is 5.97 Å². The molecule has 1 heterocycles. The second-order valence-corrected chi connectivity index (χ2v) is 6.77. The van der Waals surface area contributed by atoms with Crippen LogP contribution in [-0.2, 0) is 11.2 Å². The van der Waals surface area contributed by atoms with Gasteiger partial charge >= 0.3 is 5.97 Å². The lowest BCUT2D eigenvalue weighted by Gasteiger charge is -2.32. The molecule has 4 nitrogen and oxygen atoms in total. The minimum absolute atomic E-state index is 0.0294. The second-order valence-electron chi connectivity index (χ2n) is 5.88. The molecule has 1 saturated carbocycles. The van der Waals surface area contributed by atoms with Crippen LogP contribution in [0.4, 0.5) is 0 Å². The first kappa shape index (κ1) is 15.4. The monoisotopic (exact) mass is 296 g/mol. The molecule has 20 heavy (non-hydrogen) atoms. The molecule has 0 radical (unpaired) electrons. The topological polar surface area (TPSA) is 53.4 Å². The van der Waals surface area contributed by atoms with Gasteiger partial charge in [0.15, 0.2) is 0 Å². The van der Waals surface area contributed by atoms with Crippen LogP contribution in [0.15, 0.2) is 5.38 Å². The molecule has 0 aromatic carbocycles. The lowest BCUT2D eigenvalue weighted by molar-refractivity contribution is -0.136. The number of carboxylic acids is 1. The molecule has 1 fully saturated rings. The van der Waals surface area contributed by atoms with E-state index in [2.05, 4.69) is 23.9 Å². The van der Waals surface area contributed by atoms with E-state index in [1.165, 1.54) is 32.1 Å². The Balaban J connectivity index is 1.88. The van der Waals surface area contributed by atoms with E-state index in [4.69, 9.17) is 5.11 Å². The van der Waals surface area contributed by atoms with Crippen molar-refractivity contribution < 1.29 is 9.90 Å². The third-order valence-corrected chi connectivity index (χ3v) is 5.21. The fourth-order valence-corrected chi connectivity index (χ4v) is 3.84. The molecule has 1 atom stereocenters. The summed E-state index contributed by atoms with van der Waals surface area (Å²) in [5, 5.41) is 11.7. The van der Waals surface area contributed by atoms with Gasteiger partial charge in [0.2, 0.25) is 0 Å². The fourth-order valence-electron chi connectivity index (χ4n) is 2.97. The van der Waals surface area contributed by atoms with E-state index in [9.17, 15) is 4.79 Å². The molecule has 1 aliphatic carbocycles. The molecule has 1 aliphatic rings. The van der Waals surface area contributed by atoms with E-state index in [0.717, 1.165) is 11.6 Å². The van der Waals surface area contributed by atoms with Gasteiger partial charge in [-0.3, -0.25) is 4.79 Å². The highest BCUT2D eigenvalue weighted by molar-refractivity contribution is 7.09. The summed E-state index contributed by atoms with van der Waals surface area (Å²) in [6.45, 7) is 3.19. The molecular weight excluding hydrogens is 272 g/mol. The Morgan fingerprint density at radius 3 is 2.85 bits per heavy atom. The maximum Gasteiger partial charge on any atom is 0.309 e. The molecular formula is C15H24N2O2S. The molecule has 0 saturated heterocycles. The number of hydrogen-bond acceptors (Lipinski definition) is 4. The van der Waals surface area contributed by atoms with Crippen LogP contribution in [0, 0.1) is 0 Å². The van der Waals surface area contributed by atoms with E-state index in [1.807, 2.05) is 5.38 Å². The first-order valence-corrected chi connectivity index (χ1v) is 8.30. The highest BCUT2D eigenvalue weighted by Gasteiger charge is 2.21. The Morgan fingerprint density at radius 2 is 2.20 bits per heavy atom. The Bertz CT molecular complexity index is 441. The number of thiazole rings is 1. The van der Waals surface area contributed by atoms with Gasteiger partial charge < -0.3 is 10.0 Å². The molecule has 1 N–H and O–H groups in total. The Labute approximate surface area is 124 Å². The van der Waals surface area contributed by atoms with Gasteiger partial charge in [-0.25, -0.2) is 4.98 Å². The van der Waals surface area contributed by atoms with Crippen molar-refractivity contribution in [2.75, 3.05) is 13.6 Å². The van der Waals surface area contributed by atoms with Crippen LogP contribution in [0.2, 0.25) is 0 Å². The summed E-state index contributed by atoms with van der Waals surface area (Å²) in [6, 6.07) is 0.713. The fraction of sp³-hybridized carbons (Fsp3) is 0.733. The maximum atomic E-state index is 10.7. The van der Waals surface area contributed by atoms with Crippen molar-refractivity contribution >= 4 is 17.3 Å². The van der Waals surface area contributed by atoms with Gasteiger partial charge in [-0.05, 0) is 19.9 Å².